The third kappa shape index (κ3) is 1.02. The number of hydrogen-bond acceptors (Lipinski definition) is 2. The molecule has 0 radical (unpaired) electrons. The van der Waals surface area contributed by atoms with Gasteiger partial charge in [0.1, 0.15) is 5.60 Å². The summed E-state index contributed by atoms with van der Waals surface area (Å²) in [6.45, 7) is 2.17. The summed E-state index contributed by atoms with van der Waals surface area (Å²) in [5, 5.41) is 0. The predicted molar refractivity (Wildman–Crippen MR) is 56.1 cm³/mol. The number of carbonyl (C=O) groups is 1. The van der Waals surface area contributed by atoms with Gasteiger partial charge in [0.15, 0.2) is 0 Å². The minimum atomic E-state index is -0.257. The van der Waals surface area contributed by atoms with Gasteiger partial charge in [-0.2, -0.15) is 0 Å². The molecule has 2 heteroatoms. The molecule has 0 spiro atoms. The molecule has 0 amide bonds. The van der Waals surface area contributed by atoms with Crippen LogP contribution in [-0.2, 0) is 15.1 Å². The van der Waals surface area contributed by atoms with E-state index in [1.165, 1.54) is 5.56 Å². The quantitative estimate of drug-likeness (QED) is 0.689. The molecular formula is C13H14O2. The smallest absolute Gasteiger partial charge is 0.307 e. The predicted octanol–water partition coefficient (Wildman–Crippen LogP) is 2.48. The van der Waals surface area contributed by atoms with Crippen LogP contribution in [0.3, 0.4) is 0 Å². The summed E-state index contributed by atoms with van der Waals surface area (Å²) in [7, 11) is 0. The highest BCUT2D eigenvalue weighted by atomic mass is 16.6. The zero-order chi connectivity index (χ0) is 10.5. The summed E-state index contributed by atoms with van der Waals surface area (Å²) in [6, 6.07) is 10.2. The first-order chi connectivity index (χ1) is 7.29. The van der Waals surface area contributed by atoms with E-state index >= 15 is 0 Å². The zero-order valence-corrected chi connectivity index (χ0v) is 8.77. The molecule has 1 aromatic carbocycles. The molecule has 3 rings (SSSR count). The molecule has 1 heterocycles. The lowest BCUT2D eigenvalue weighted by atomic mass is 10.0. The molecule has 2 nitrogen and oxygen atoms in total. The number of ether oxygens (including phenoxy) is 1. The Hall–Kier alpha value is -1.31. The van der Waals surface area contributed by atoms with Gasteiger partial charge in [0.05, 0.1) is 6.42 Å². The first kappa shape index (κ1) is 8.96. The molecule has 3 atom stereocenters. The fourth-order valence-corrected chi connectivity index (χ4v) is 3.14. The molecule has 1 saturated heterocycles. The van der Waals surface area contributed by atoms with E-state index in [1.807, 2.05) is 18.2 Å². The molecule has 0 aromatic heterocycles. The van der Waals surface area contributed by atoms with Gasteiger partial charge in [-0.05, 0) is 12.0 Å². The van der Waals surface area contributed by atoms with Crippen molar-refractivity contribution < 1.29 is 9.53 Å². The minimum absolute atomic E-state index is 0.0337. The summed E-state index contributed by atoms with van der Waals surface area (Å²) in [5.41, 5.74) is 0.917. The molecule has 2 fully saturated rings. The SMILES string of the molecule is CC[C@@H]1[C@H]2CC(=O)O[C@@]12c1ccccc1. The monoisotopic (exact) mass is 202 g/mol. The van der Waals surface area contributed by atoms with Crippen LogP contribution in [0.2, 0.25) is 0 Å². The van der Waals surface area contributed by atoms with Crippen molar-refractivity contribution in [3.8, 4) is 0 Å². The second-order valence-electron chi connectivity index (χ2n) is 4.46. The van der Waals surface area contributed by atoms with Gasteiger partial charge in [-0.15, -0.1) is 0 Å². The Labute approximate surface area is 89.2 Å². The third-order valence-electron chi connectivity index (χ3n) is 3.81. The summed E-state index contributed by atoms with van der Waals surface area (Å²) >= 11 is 0. The Morgan fingerprint density at radius 3 is 2.80 bits per heavy atom. The van der Waals surface area contributed by atoms with Crippen molar-refractivity contribution in [3.63, 3.8) is 0 Å². The minimum Gasteiger partial charge on any atom is -0.454 e. The van der Waals surface area contributed by atoms with E-state index in [9.17, 15) is 4.79 Å². The van der Waals surface area contributed by atoms with Crippen molar-refractivity contribution in [2.75, 3.05) is 0 Å². The van der Waals surface area contributed by atoms with Crippen molar-refractivity contribution in [2.24, 2.45) is 11.8 Å². The van der Waals surface area contributed by atoms with Crippen LogP contribution >= 0.6 is 0 Å². The van der Waals surface area contributed by atoms with Crippen LogP contribution in [0.5, 0.6) is 0 Å². The Kier molecular flexibility index (Phi) is 1.70. The lowest BCUT2D eigenvalue weighted by Gasteiger charge is -2.15. The number of esters is 1. The van der Waals surface area contributed by atoms with Crippen LogP contribution in [0, 0.1) is 11.8 Å². The van der Waals surface area contributed by atoms with Crippen molar-refractivity contribution in [3.05, 3.63) is 35.9 Å². The van der Waals surface area contributed by atoms with E-state index in [0.29, 0.717) is 18.3 Å². The van der Waals surface area contributed by atoms with Gasteiger partial charge < -0.3 is 4.74 Å². The van der Waals surface area contributed by atoms with E-state index < -0.39 is 0 Å². The average molecular weight is 202 g/mol. The van der Waals surface area contributed by atoms with E-state index in [2.05, 4.69) is 19.1 Å². The Balaban J connectivity index is 2.00. The van der Waals surface area contributed by atoms with Gasteiger partial charge in [-0.25, -0.2) is 0 Å². The number of carbonyl (C=O) groups excluding carboxylic acids is 1. The zero-order valence-electron chi connectivity index (χ0n) is 8.77. The van der Waals surface area contributed by atoms with Gasteiger partial charge in [0.25, 0.3) is 0 Å². The van der Waals surface area contributed by atoms with Crippen LogP contribution in [0.25, 0.3) is 0 Å². The molecule has 0 bridgehead atoms. The van der Waals surface area contributed by atoms with Gasteiger partial charge in [-0.3, -0.25) is 4.79 Å². The fraction of sp³-hybridized carbons (Fsp3) is 0.462. The average Bonchev–Trinajstić information content (AvgIpc) is 2.72. The van der Waals surface area contributed by atoms with Crippen LogP contribution in [-0.4, -0.2) is 5.97 Å². The van der Waals surface area contributed by atoms with Crippen LogP contribution in [0.1, 0.15) is 25.3 Å². The maximum absolute atomic E-state index is 11.3. The van der Waals surface area contributed by atoms with Gasteiger partial charge >= 0.3 is 5.97 Å². The molecule has 0 N–H and O–H groups in total. The Morgan fingerprint density at radius 1 is 1.40 bits per heavy atom. The lowest BCUT2D eigenvalue weighted by molar-refractivity contribution is -0.147. The molecule has 2 aliphatic rings. The number of fused-ring (bicyclic) bond motifs is 1. The summed E-state index contributed by atoms with van der Waals surface area (Å²) in [6.07, 6.45) is 1.69. The summed E-state index contributed by atoms with van der Waals surface area (Å²) in [5.74, 6) is 0.934. The summed E-state index contributed by atoms with van der Waals surface area (Å²) in [4.78, 5) is 11.3. The highest BCUT2D eigenvalue weighted by Gasteiger charge is 2.72. The van der Waals surface area contributed by atoms with Crippen LogP contribution < -0.4 is 0 Å². The lowest BCUT2D eigenvalue weighted by Crippen LogP contribution is -2.15. The maximum atomic E-state index is 11.3. The fourth-order valence-electron chi connectivity index (χ4n) is 3.14. The molecule has 0 unspecified atom stereocenters. The van der Waals surface area contributed by atoms with Crippen LogP contribution in [0.15, 0.2) is 30.3 Å². The van der Waals surface area contributed by atoms with Gasteiger partial charge in [0, 0.05) is 11.8 Å². The highest BCUT2D eigenvalue weighted by Crippen LogP contribution is 2.67. The van der Waals surface area contributed by atoms with Gasteiger partial charge in [-0.1, -0.05) is 37.3 Å². The number of rotatable bonds is 2. The topological polar surface area (TPSA) is 26.3 Å². The third-order valence-corrected chi connectivity index (χ3v) is 3.81. The molecule has 1 aliphatic carbocycles. The molecule has 1 saturated carbocycles. The van der Waals surface area contributed by atoms with E-state index in [-0.39, 0.29) is 11.6 Å². The first-order valence-corrected chi connectivity index (χ1v) is 5.56. The number of hydrogen-bond donors (Lipinski definition) is 0. The molecule has 15 heavy (non-hydrogen) atoms. The van der Waals surface area contributed by atoms with Crippen molar-refractivity contribution >= 4 is 5.97 Å². The van der Waals surface area contributed by atoms with Crippen molar-refractivity contribution in [1.29, 1.82) is 0 Å². The standard InChI is InChI=1S/C13H14O2/c1-2-10-11-8-12(14)15-13(10,11)9-6-4-3-5-7-9/h3-7,10-11H,2,8H2,1H3/t10-,11-,13+/m1/s1. The molecule has 1 aliphatic heterocycles. The maximum Gasteiger partial charge on any atom is 0.307 e. The molecule has 78 valence electrons. The van der Waals surface area contributed by atoms with E-state index in [1.54, 1.807) is 0 Å². The largest absolute Gasteiger partial charge is 0.454 e. The second-order valence-corrected chi connectivity index (χ2v) is 4.46. The Morgan fingerprint density at radius 2 is 2.13 bits per heavy atom. The van der Waals surface area contributed by atoms with Crippen molar-refractivity contribution in [2.45, 2.75) is 25.4 Å². The van der Waals surface area contributed by atoms with E-state index in [4.69, 9.17) is 4.74 Å². The van der Waals surface area contributed by atoms with Crippen molar-refractivity contribution in [1.82, 2.24) is 0 Å². The highest BCUT2D eigenvalue weighted by molar-refractivity contribution is 5.76. The molecular weight excluding hydrogens is 188 g/mol. The number of benzene rings is 1. The summed E-state index contributed by atoms with van der Waals surface area (Å²) < 4.78 is 5.57. The normalized spacial score (nSPS) is 37.3. The van der Waals surface area contributed by atoms with Gasteiger partial charge in [0.2, 0.25) is 0 Å². The molecule has 1 aromatic rings. The second kappa shape index (κ2) is 2.84. The first-order valence-electron chi connectivity index (χ1n) is 5.56. The van der Waals surface area contributed by atoms with Crippen LogP contribution in [0.4, 0.5) is 0 Å². The Bertz CT molecular complexity index is 398. The van der Waals surface area contributed by atoms with E-state index in [0.717, 1.165) is 6.42 Å².